The Bertz CT molecular complexity index is 401. The molecule has 1 aromatic carbocycles. The van der Waals surface area contributed by atoms with Gasteiger partial charge in [0.2, 0.25) is 0 Å². The van der Waals surface area contributed by atoms with Gasteiger partial charge in [-0.2, -0.15) is 0 Å². The van der Waals surface area contributed by atoms with Crippen molar-refractivity contribution in [3.63, 3.8) is 0 Å². The molecule has 2 rings (SSSR count). The lowest BCUT2D eigenvalue weighted by Crippen LogP contribution is -2.01. The minimum Gasteiger partial charge on any atom is -0.481 e. The molecule has 0 amide bonds. The van der Waals surface area contributed by atoms with Gasteiger partial charge in [-0.1, -0.05) is 22.0 Å². The molecule has 2 unspecified atom stereocenters. The summed E-state index contributed by atoms with van der Waals surface area (Å²) in [5.74, 6) is -0.411. The fourth-order valence-corrected chi connectivity index (χ4v) is 2.33. The summed E-state index contributed by atoms with van der Waals surface area (Å²) >= 11 is 3.43. The van der Waals surface area contributed by atoms with Crippen molar-refractivity contribution in [1.29, 1.82) is 0 Å². The van der Waals surface area contributed by atoms with Crippen molar-refractivity contribution >= 4 is 21.9 Å². The van der Waals surface area contributed by atoms with Gasteiger partial charge in [0.15, 0.2) is 0 Å². The van der Waals surface area contributed by atoms with Crippen molar-refractivity contribution in [3.8, 4) is 0 Å². The molecule has 1 saturated carbocycles. The summed E-state index contributed by atoms with van der Waals surface area (Å²) in [6, 6.07) is 6.17. The van der Waals surface area contributed by atoms with Crippen LogP contribution >= 0.6 is 15.9 Å². The Balaban J connectivity index is 2.06. The van der Waals surface area contributed by atoms with E-state index >= 15 is 0 Å². The third kappa shape index (κ3) is 2.40. The van der Waals surface area contributed by atoms with E-state index in [1.54, 1.807) is 0 Å². The van der Waals surface area contributed by atoms with Crippen LogP contribution in [-0.2, 0) is 11.2 Å². The summed E-state index contributed by atoms with van der Waals surface area (Å²) < 4.78 is 1.07. The lowest BCUT2D eigenvalue weighted by Gasteiger charge is -2.05. The van der Waals surface area contributed by atoms with E-state index < -0.39 is 5.97 Å². The van der Waals surface area contributed by atoms with Crippen molar-refractivity contribution < 1.29 is 9.90 Å². The fourth-order valence-electron chi connectivity index (χ4n) is 1.92. The van der Waals surface area contributed by atoms with Crippen LogP contribution in [0.3, 0.4) is 0 Å². The normalized spacial score (nSPS) is 23.9. The molecule has 2 atom stereocenters. The molecular formula is C12H13BrO2. The van der Waals surface area contributed by atoms with Gasteiger partial charge < -0.3 is 5.11 Å². The highest BCUT2D eigenvalue weighted by atomic mass is 79.9. The van der Waals surface area contributed by atoms with Crippen LogP contribution in [-0.4, -0.2) is 11.1 Å². The first kappa shape index (κ1) is 10.7. The standard InChI is InChI=1S/C12H13BrO2/c1-7-2-3-10(13)5-8(7)4-9-6-11(9)12(14)15/h2-3,5,9,11H,4,6H2,1H3,(H,14,15). The first-order chi connectivity index (χ1) is 7.08. The highest BCUT2D eigenvalue weighted by Crippen LogP contribution is 2.41. The van der Waals surface area contributed by atoms with Gasteiger partial charge in [-0.05, 0) is 48.9 Å². The van der Waals surface area contributed by atoms with Crippen LogP contribution in [0.2, 0.25) is 0 Å². The maximum atomic E-state index is 10.7. The Morgan fingerprint density at radius 2 is 2.33 bits per heavy atom. The number of hydrogen-bond acceptors (Lipinski definition) is 1. The van der Waals surface area contributed by atoms with Crippen LogP contribution < -0.4 is 0 Å². The first-order valence-corrected chi connectivity index (χ1v) is 5.85. The minimum atomic E-state index is -0.646. The van der Waals surface area contributed by atoms with Crippen LogP contribution in [0.4, 0.5) is 0 Å². The third-order valence-corrected chi connectivity index (χ3v) is 3.53. The summed E-state index contributed by atoms with van der Waals surface area (Å²) in [7, 11) is 0. The summed E-state index contributed by atoms with van der Waals surface area (Å²) in [4.78, 5) is 10.7. The average molecular weight is 269 g/mol. The molecule has 2 nitrogen and oxygen atoms in total. The maximum Gasteiger partial charge on any atom is 0.306 e. The van der Waals surface area contributed by atoms with Crippen molar-refractivity contribution in [2.45, 2.75) is 19.8 Å². The largest absolute Gasteiger partial charge is 0.481 e. The third-order valence-electron chi connectivity index (χ3n) is 3.03. The zero-order valence-electron chi connectivity index (χ0n) is 8.53. The number of rotatable bonds is 3. The van der Waals surface area contributed by atoms with E-state index in [-0.39, 0.29) is 5.92 Å². The van der Waals surface area contributed by atoms with Gasteiger partial charge in [-0.3, -0.25) is 4.79 Å². The summed E-state index contributed by atoms with van der Waals surface area (Å²) in [5.41, 5.74) is 2.51. The van der Waals surface area contributed by atoms with E-state index in [0.717, 1.165) is 17.3 Å². The summed E-state index contributed by atoms with van der Waals surface area (Å²) in [6.07, 6.45) is 1.73. The number of carboxylic acid groups (broad SMARTS) is 1. The molecule has 0 spiro atoms. The van der Waals surface area contributed by atoms with Crippen molar-refractivity contribution in [3.05, 3.63) is 33.8 Å². The molecule has 0 bridgehead atoms. The molecule has 1 aromatic rings. The Hall–Kier alpha value is -0.830. The van der Waals surface area contributed by atoms with Gasteiger partial charge in [0.05, 0.1) is 5.92 Å². The molecule has 0 aromatic heterocycles. The number of hydrogen-bond donors (Lipinski definition) is 1. The molecule has 0 heterocycles. The second kappa shape index (κ2) is 3.97. The van der Waals surface area contributed by atoms with Crippen LogP contribution in [0.1, 0.15) is 17.5 Å². The van der Waals surface area contributed by atoms with E-state index in [1.165, 1.54) is 11.1 Å². The number of carbonyl (C=O) groups is 1. The smallest absolute Gasteiger partial charge is 0.306 e. The summed E-state index contributed by atoms with van der Waals surface area (Å²) in [6.45, 7) is 2.07. The van der Waals surface area contributed by atoms with E-state index in [0.29, 0.717) is 5.92 Å². The van der Waals surface area contributed by atoms with Crippen LogP contribution in [0, 0.1) is 18.8 Å². The van der Waals surface area contributed by atoms with E-state index in [1.807, 2.05) is 6.07 Å². The quantitative estimate of drug-likeness (QED) is 0.915. The van der Waals surface area contributed by atoms with Crippen LogP contribution in [0.25, 0.3) is 0 Å². The Morgan fingerprint density at radius 1 is 1.60 bits per heavy atom. The van der Waals surface area contributed by atoms with Gasteiger partial charge in [0.1, 0.15) is 0 Å². The summed E-state index contributed by atoms with van der Waals surface area (Å²) in [5, 5.41) is 8.82. The van der Waals surface area contributed by atoms with Gasteiger partial charge in [-0.15, -0.1) is 0 Å². The van der Waals surface area contributed by atoms with Crippen LogP contribution in [0.15, 0.2) is 22.7 Å². The Morgan fingerprint density at radius 3 is 2.93 bits per heavy atom. The van der Waals surface area contributed by atoms with Gasteiger partial charge in [0.25, 0.3) is 0 Å². The van der Waals surface area contributed by atoms with Gasteiger partial charge >= 0.3 is 5.97 Å². The lowest BCUT2D eigenvalue weighted by atomic mass is 10.0. The van der Waals surface area contributed by atoms with E-state index in [4.69, 9.17) is 5.11 Å². The van der Waals surface area contributed by atoms with E-state index in [2.05, 4.69) is 35.0 Å². The zero-order chi connectivity index (χ0) is 11.0. The zero-order valence-corrected chi connectivity index (χ0v) is 10.1. The molecule has 1 fully saturated rings. The highest BCUT2D eigenvalue weighted by Gasteiger charge is 2.42. The van der Waals surface area contributed by atoms with Crippen molar-refractivity contribution in [2.24, 2.45) is 11.8 Å². The minimum absolute atomic E-state index is 0.108. The second-order valence-electron chi connectivity index (χ2n) is 4.22. The molecule has 1 aliphatic carbocycles. The number of carboxylic acids is 1. The molecule has 0 saturated heterocycles. The number of benzene rings is 1. The Kier molecular flexibility index (Phi) is 2.83. The number of aliphatic carboxylic acids is 1. The molecule has 1 N–H and O–H groups in total. The highest BCUT2D eigenvalue weighted by molar-refractivity contribution is 9.10. The van der Waals surface area contributed by atoms with Gasteiger partial charge in [0, 0.05) is 4.47 Å². The first-order valence-electron chi connectivity index (χ1n) is 5.06. The van der Waals surface area contributed by atoms with Gasteiger partial charge in [-0.25, -0.2) is 0 Å². The topological polar surface area (TPSA) is 37.3 Å². The van der Waals surface area contributed by atoms with Crippen molar-refractivity contribution in [2.75, 3.05) is 0 Å². The van der Waals surface area contributed by atoms with Crippen LogP contribution in [0.5, 0.6) is 0 Å². The van der Waals surface area contributed by atoms with Crippen molar-refractivity contribution in [1.82, 2.24) is 0 Å². The molecule has 3 heteroatoms. The fraction of sp³-hybridized carbons (Fsp3) is 0.417. The molecule has 0 radical (unpaired) electrons. The molecule has 0 aliphatic heterocycles. The number of halogens is 1. The molecule has 1 aliphatic rings. The predicted octanol–water partition coefficient (Wildman–Crippen LogP) is 3.02. The lowest BCUT2D eigenvalue weighted by molar-refractivity contribution is -0.138. The molecule has 15 heavy (non-hydrogen) atoms. The average Bonchev–Trinajstić information content (AvgIpc) is 2.91. The number of aryl methyl sites for hydroxylation is 1. The second-order valence-corrected chi connectivity index (χ2v) is 5.13. The maximum absolute atomic E-state index is 10.7. The monoisotopic (exact) mass is 268 g/mol. The Labute approximate surface area is 97.4 Å². The molecule has 80 valence electrons. The SMILES string of the molecule is Cc1ccc(Br)cc1CC1CC1C(=O)O. The molecular weight excluding hydrogens is 256 g/mol. The predicted molar refractivity (Wildman–Crippen MR) is 61.8 cm³/mol. The van der Waals surface area contributed by atoms with E-state index in [9.17, 15) is 4.79 Å².